The summed E-state index contributed by atoms with van der Waals surface area (Å²) >= 11 is 0. The summed E-state index contributed by atoms with van der Waals surface area (Å²) in [6.07, 6.45) is 0. The molecule has 0 aliphatic carbocycles. The maximum absolute atomic E-state index is 12.0. The van der Waals surface area contributed by atoms with Crippen molar-refractivity contribution in [3.63, 3.8) is 0 Å². The third kappa shape index (κ3) is 4.57. The summed E-state index contributed by atoms with van der Waals surface area (Å²) < 4.78 is 5.21. The number of anilines is 1. The third-order valence-corrected chi connectivity index (χ3v) is 3.35. The molecule has 0 heterocycles. The van der Waals surface area contributed by atoms with Gasteiger partial charge >= 0.3 is 0 Å². The molecule has 0 aromatic heterocycles. The Morgan fingerprint density at radius 1 is 1.00 bits per heavy atom. The molecule has 0 unspecified atom stereocenters. The van der Waals surface area contributed by atoms with Gasteiger partial charge in [-0.1, -0.05) is 23.8 Å². The first-order valence-corrected chi connectivity index (χ1v) is 7.29. The fraction of sp³-hybridized carbons (Fsp3) is 0.222. The molecular weight excluding hydrogens is 292 g/mol. The molecule has 0 atom stereocenters. The van der Waals surface area contributed by atoms with E-state index in [2.05, 4.69) is 10.6 Å². The molecule has 120 valence electrons. The number of rotatable bonds is 5. The minimum Gasteiger partial charge on any atom is -0.495 e. The first-order valence-electron chi connectivity index (χ1n) is 7.29. The molecule has 2 N–H and O–H groups in total. The monoisotopic (exact) mass is 312 g/mol. The number of nitrogens with one attached hydrogen (secondary N) is 2. The molecule has 5 heteroatoms. The van der Waals surface area contributed by atoms with E-state index >= 15 is 0 Å². The highest BCUT2D eigenvalue weighted by atomic mass is 16.5. The molecule has 0 saturated carbocycles. The number of methoxy groups -OCH3 is 1. The van der Waals surface area contributed by atoms with Crippen molar-refractivity contribution in [1.29, 1.82) is 0 Å². The Labute approximate surface area is 135 Å². The molecular formula is C18H20N2O3. The van der Waals surface area contributed by atoms with E-state index in [1.807, 2.05) is 38.1 Å². The van der Waals surface area contributed by atoms with Gasteiger partial charge in [0.15, 0.2) is 0 Å². The van der Waals surface area contributed by atoms with Crippen LogP contribution < -0.4 is 15.4 Å². The average Bonchev–Trinajstić information content (AvgIpc) is 2.53. The third-order valence-electron chi connectivity index (χ3n) is 3.35. The van der Waals surface area contributed by atoms with Crippen LogP contribution in [0.1, 0.15) is 21.5 Å². The van der Waals surface area contributed by atoms with E-state index in [9.17, 15) is 9.59 Å². The first kappa shape index (κ1) is 16.5. The van der Waals surface area contributed by atoms with Crippen LogP contribution in [0.25, 0.3) is 0 Å². The van der Waals surface area contributed by atoms with Crippen molar-refractivity contribution in [2.24, 2.45) is 0 Å². The van der Waals surface area contributed by atoms with Gasteiger partial charge in [-0.2, -0.15) is 0 Å². The highest BCUT2D eigenvalue weighted by molar-refractivity contribution is 5.99. The lowest BCUT2D eigenvalue weighted by Crippen LogP contribution is -2.32. The second-order valence-electron chi connectivity index (χ2n) is 5.30. The smallest absolute Gasteiger partial charge is 0.251 e. The van der Waals surface area contributed by atoms with Crippen LogP contribution in [0.2, 0.25) is 0 Å². The Kier molecular flexibility index (Phi) is 5.36. The van der Waals surface area contributed by atoms with Crippen LogP contribution in [0.3, 0.4) is 0 Å². The highest BCUT2D eigenvalue weighted by Gasteiger charge is 2.10. The Hall–Kier alpha value is -2.82. The fourth-order valence-corrected chi connectivity index (χ4v) is 2.08. The number of hydrogen-bond donors (Lipinski definition) is 2. The summed E-state index contributed by atoms with van der Waals surface area (Å²) in [5.74, 6) is -0.0143. The summed E-state index contributed by atoms with van der Waals surface area (Å²) in [4.78, 5) is 24.0. The largest absolute Gasteiger partial charge is 0.495 e. The molecule has 0 saturated heterocycles. The van der Waals surface area contributed by atoms with Gasteiger partial charge in [0.25, 0.3) is 5.91 Å². The number of carbonyl (C=O) groups is 2. The molecule has 0 bridgehead atoms. The number of carbonyl (C=O) groups excluding carboxylic acids is 2. The predicted molar refractivity (Wildman–Crippen MR) is 89.9 cm³/mol. The van der Waals surface area contributed by atoms with E-state index in [4.69, 9.17) is 4.74 Å². The SMILES string of the molecule is COc1ccc(C)cc1NC(=O)CNC(=O)c1ccc(C)cc1. The second-order valence-corrected chi connectivity index (χ2v) is 5.30. The molecule has 23 heavy (non-hydrogen) atoms. The molecule has 0 aliphatic rings. The van der Waals surface area contributed by atoms with Crippen molar-refractivity contribution in [3.8, 4) is 5.75 Å². The number of amides is 2. The second kappa shape index (κ2) is 7.45. The molecule has 0 spiro atoms. The van der Waals surface area contributed by atoms with Gasteiger partial charge in [0.05, 0.1) is 19.3 Å². The van der Waals surface area contributed by atoms with Gasteiger partial charge < -0.3 is 15.4 Å². The van der Waals surface area contributed by atoms with E-state index in [1.165, 1.54) is 0 Å². The van der Waals surface area contributed by atoms with Crippen molar-refractivity contribution in [3.05, 3.63) is 59.2 Å². The van der Waals surface area contributed by atoms with Crippen LogP contribution in [-0.4, -0.2) is 25.5 Å². The van der Waals surface area contributed by atoms with Crippen LogP contribution in [0.4, 0.5) is 5.69 Å². The van der Waals surface area contributed by atoms with E-state index in [0.717, 1.165) is 11.1 Å². The lowest BCUT2D eigenvalue weighted by Gasteiger charge is -2.11. The molecule has 0 aliphatic heterocycles. The van der Waals surface area contributed by atoms with Crippen LogP contribution >= 0.6 is 0 Å². The minimum absolute atomic E-state index is 0.107. The number of aryl methyl sites for hydroxylation is 2. The minimum atomic E-state index is -0.311. The van der Waals surface area contributed by atoms with E-state index in [1.54, 1.807) is 25.3 Å². The lowest BCUT2D eigenvalue weighted by atomic mass is 10.1. The first-order chi connectivity index (χ1) is 11.0. The van der Waals surface area contributed by atoms with Gasteiger partial charge in [-0.25, -0.2) is 0 Å². The van der Waals surface area contributed by atoms with E-state index in [0.29, 0.717) is 17.0 Å². The van der Waals surface area contributed by atoms with Gasteiger partial charge in [-0.05, 0) is 43.7 Å². The van der Waals surface area contributed by atoms with Gasteiger partial charge in [0, 0.05) is 5.56 Å². The van der Waals surface area contributed by atoms with Crippen molar-refractivity contribution in [2.75, 3.05) is 19.0 Å². The Balaban J connectivity index is 1.94. The topological polar surface area (TPSA) is 67.4 Å². The molecule has 0 radical (unpaired) electrons. The quantitative estimate of drug-likeness (QED) is 0.892. The molecule has 0 fully saturated rings. The van der Waals surface area contributed by atoms with Crippen molar-refractivity contribution in [1.82, 2.24) is 5.32 Å². The molecule has 2 aromatic carbocycles. The Bertz CT molecular complexity index is 709. The standard InChI is InChI=1S/C18H20N2O3/c1-12-4-7-14(8-5-12)18(22)19-11-17(21)20-15-10-13(2)6-9-16(15)23-3/h4-10H,11H2,1-3H3,(H,19,22)(H,20,21). The molecule has 2 rings (SSSR count). The average molecular weight is 312 g/mol. The summed E-state index contributed by atoms with van der Waals surface area (Å²) in [5.41, 5.74) is 3.19. The maximum atomic E-state index is 12.0. The van der Waals surface area contributed by atoms with Gasteiger partial charge in [-0.15, -0.1) is 0 Å². The summed E-state index contributed by atoms with van der Waals surface area (Å²) in [5, 5.41) is 5.34. The van der Waals surface area contributed by atoms with E-state index < -0.39 is 0 Å². The lowest BCUT2D eigenvalue weighted by molar-refractivity contribution is -0.115. The zero-order valence-corrected chi connectivity index (χ0v) is 13.5. The van der Waals surface area contributed by atoms with Crippen molar-refractivity contribution in [2.45, 2.75) is 13.8 Å². The summed E-state index contributed by atoms with van der Waals surface area (Å²) in [6.45, 7) is 3.77. The summed E-state index contributed by atoms with van der Waals surface area (Å²) in [7, 11) is 1.54. The molecule has 5 nitrogen and oxygen atoms in total. The number of ether oxygens (including phenoxy) is 1. The number of hydrogen-bond acceptors (Lipinski definition) is 3. The summed E-state index contributed by atoms with van der Waals surface area (Å²) in [6, 6.07) is 12.7. The zero-order valence-electron chi connectivity index (χ0n) is 13.5. The zero-order chi connectivity index (χ0) is 16.8. The Morgan fingerprint density at radius 3 is 2.30 bits per heavy atom. The molecule has 2 amide bonds. The van der Waals surface area contributed by atoms with Gasteiger partial charge in [0.2, 0.25) is 5.91 Å². The predicted octanol–water partition coefficient (Wildman–Crippen LogP) is 2.68. The van der Waals surface area contributed by atoms with E-state index in [-0.39, 0.29) is 18.4 Å². The van der Waals surface area contributed by atoms with Crippen molar-refractivity contribution >= 4 is 17.5 Å². The fourth-order valence-electron chi connectivity index (χ4n) is 2.08. The van der Waals surface area contributed by atoms with Crippen LogP contribution in [0.5, 0.6) is 5.75 Å². The van der Waals surface area contributed by atoms with Crippen LogP contribution in [0.15, 0.2) is 42.5 Å². The Morgan fingerprint density at radius 2 is 1.65 bits per heavy atom. The van der Waals surface area contributed by atoms with Crippen LogP contribution in [0, 0.1) is 13.8 Å². The highest BCUT2D eigenvalue weighted by Crippen LogP contribution is 2.24. The van der Waals surface area contributed by atoms with Crippen molar-refractivity contribution < 1.29 is 14.3 Å². The normalized spacial score (nSPS) is 10.0. The van der Waals surface area contributed by atoms with Gasteiger partial charge in [0.1, 0.15) is 5.75 Å². The molecule has 2 aromatic rings. The van der Waals surface area contributed by atoms with Crippen LogP contribution in [-0.2, 0) is 4.79 Å². The number of benzene rings is 2. The maximum Gasteiger partial charge on any atom is 0.251 e. The van der Waals surface area contributed by atoms with Gasteiger partial charge in [-0.3, -0.25) is 9.59 Å².